The Morgan fingerprint density at radius 2 is 2.43 bits per heavy atom. The monoisotopic (exact) mass is 200 g/mol. The molecular weight excluding hydrogens is 180 g/mol. The zero-order valence-corrected chi connectivity index (χ0v) is 8.83. The number of nitrogens with one attached hydrogen (secondary N) is 1. The fourth-order valence-corrected chi connectivity index (χ4v) is 1.73. The highest BCUT2D eigenvalue weighted by Gasteiger charge is 2.22. The third-order valence-electron chi connectivity index (χ3n) is 2.57. The maximum atomic E-state index is 11.3. The predicted octanol–water partition coefficient (Wildman–Crippen LogP) is -0.173. The first kappa shape index (κ1) is 11.5. The Kier molecular flexibility index (Phi) is 4.90. The van der Waals surface area contributed by atoms with Gasteiger partial charge in [-0.05, 0) is 25.3 Å². The van der Waals surface area contributed by atoms with Crippen LogP contribution in [0.25, 0.3) is 0 Å². The second-order valence-electron chi connectivity index (χ2n) is 3.92. The van der Waals surface area contributed by atoms with Crippen molar-refractivity contribution in [2.45, 2.75) is 19.8 Å². The molecule has 0 saturated carbocycles. The number of carbonyl (C=O) groups excluding carboxylic acids is 1. The van der Waals surface area contributed by atoms with Crippen LogP contribution in [-0.2, 0) is 4.79 Å². The first-order valence-electron chi connectivity index (χ1n) is 5.36. The Morgan fingerprint density at radius 1 is 1.64 bits per heavy atom. The standard InChI is InChI=1S/C10H20N2O2/c1-2-4-11-10(14)7-12-5-3-9(6-12)8-13/h9,13H,2-8H2,1H3,(H,11,14)/t9-/m0/s1. The smallest absolute Gasteiger partial charge is 0.234 e. The number of hydrogen-bond acceptors (Lipinski definition) is 3. The molecule has 1 saturated heterocycles. The lowest BCUT2D eigenvalue weighted by Crippen LogP contribution is -2.36. The fourth-order valence-electron chi connectivity index (χ4n) is 1.73. The van der Waals surface area contributed by atoms with Gasteiger partial charge in [0.2, 0.25) is 5.91 Å². The highest BCUT2D eigenvalue weighted by Crippen LogP contribution is 2.14. The second kappa shape index (κ2) is 5.98. The number of carbonyl (C=O) groups is 1. The molecule has 1 fully saturated rings. The van der Waals surface area contributed by atoms with Crippen LogP contribution in [0, 0.1) is 5.92 Å². The number of nitrogens with zero attached hydrogens (tertiary/aromatic N) is 1. The van der Waals surface area contributed by atoms with Crippen LogP contribution in [0.15, 0.2) is 0 Å². The quantitative estimate of drug-likeness (QED) is 0.647. The molecule has 0 aromatic rings. The molecule has 1 aliphatic heterocycles. The van der Waals surface area contributed by atoms with Gasteiger partial charge in [0.05, 0.1) is 6.54 Å². The molecule has 0 bridgehead atoms. The molecule has 14 heavy (non-hydrogen) atoms. The average molecular weight is 200 g/mol. The van der Waals surface area contributed by atoms with Crippen LogP contribution < -0.4 is 5.32 Å². The normalized spacial score (nSPS) is 22.6. The van der Waals surface area contributed by atoms with E-state index in [2.05, 4.69) is 10.2 Å². The van der Waals surface area contributed by atoms with Gasteiger partial charge in [-0.3, -0.25) is 9.69 Å². The summed E-state index contributed by atoms with van der Waals surface area (Å²) in [4.78, 5) is 13.4. The Bertz CT molecular complexity index is 185. The zero-order chi connectivity index (χ0) is 10.4. The third-order valence-corrected chi connectivity index (χ3v) is 2.57. The average Bonchev–Trinajstić information content (AvgIpc) is 2.62. The number of aliphatic hydroxyl groups is 1. The lowest BCUT2D eigenvalue weighted by Gasteiger charge is -2.14. The van der Waals surface area contributed by atoms with Crippen molar-refractivity contribution in [3.8, 4) is 0 Å². The topological polar surface area (TPSA) is 52.6 Å². The molecule has 2 N–H and O–H groups in total. The van der Waals surface area contributed by atoms with E-state index in [1.54, 1.807) is 0 Å². The summed E-state index contributed by atoms with van der Waals surface area (Å²) >= 11 is 0. The number of hydrogen-bond donors (Lipinski definition) is 2. The van der Waals surface area contributed by atoms with E-state index in [0.717, 1.165) is 32.5 Å². The van der Waals surface area contributed by atoms with Crippen molar-refractivity contribution >= 4 is 5.91 Å². The van der Waals surface area contributed by atoms with E-state index < -0.39 is 0 Å². The lowest BCUT2D eigenvalue weighted by molar-refractivity contribution is -0.122. The van der Waals surface area contributed by atoms with Crippen LogP contribution in [0.5, 0.6) is 0 Å². The van der Waals surface area contributed by atoms with Gasteiger partial charge in [0.15, 0.2) is 0 Å². The van der Waals surface area contributed by atoms with Crippen molar-refractivity contribution in [2.75, 3.05) is 32.8 Å². The Hall–Kier alpha value is -0.610. The predicted molar refractivity (Wildman–Crippen MR) is 54.9 cm³/mol. The van der Waals surface area contributed by atoms with Crippen LogP contribution >= 0.6 is 0 Å². The van der Waals surface area contributed by atoms with Crippen LogP contribution in [0.2, 0.25) is 0 Å². The molecule has 0 aliphatic carbocycles. The van der Waals surface area contributed by atoms with E-state index in [9.17, 15) is 4.79 Å². The van der Waals surface area contributed by atoms with Gasteiger partial charge in [-0.2, -0.15) is 0 Å². The Morgan fingerprint density at radius 3 is 3.00 bits per heavy atom. The van der Waals surface area contributed by atoms with E-state index in [4.69, 9.17) is 5.11 Å². The molecule has 0 radical (unpaired) electrons. The summed E-state index contributed by atoms with van der Waals surface area (Å²) in [5.74, 6) is 0.472. The third kappa shape index (κ3) is 3.64. The molecule has 82 valence electrons. The molecule has 4 heteroatoms. The molecule has 1 aliphatic rings. The van der Waals surface area contributed by atoms with Crippen LogP contribution in [0.4, 0.5) is 0 Å². The second-order valence-corrected chi connectivity index (χ2v) is 3.92. The van der Waals surface area contributed by atoms with Crippen molar-refractivity contribution in [3.63, 3.8) is 0 Å². The highest BCUT2D eigenvalue weighted by molar-refractivity contribution is 5.77. The molecular formula is C10H20N2O2. The number of likely N-dealkylation sites (tertiary alicyclic amines) is 1. The van der Waals surface area contributed by atoms with Crippen molar-refractivity contribution in [3.05, 3.63) is 0 Å². The van der Waals surface area contributed by atoms with Gasteiger partial charge in [0.25, 0.3) is 0 Å². The highest BCUT2D eigenvalue weighted by atomic mass is 16.3. The van der Waals surface area contributed by atoms with E-state index >= 15 is 0 Å². The summed E-state index contributed by atoms with van der Waals surface area (Å²) in [5, 5.41) is 11.8. The summed E-state index contributed by atoms with van der Waals surface area (Å²) < 4.78 is 0. The van der Waals surface area contributed by atoms with Gasteiger partial charge in [0.1, 0.15) is 0 Å². The van der Waals surface area contributed by atoms with Gasteiger partial charge in [-0.25, -0.2) is 0 Å². The molecule has 4 nitrogen and oxygen atoms in total. The summed E-state index contributed by atoms with van der Waals surface area (Å²) in [6.45, 7) is 5.32. The largest absolute Gasteiger partial charge is 0.396 e. The zero-order valence-electron chi connectivity index (χ0n) is 8.83. The van der Waals surface area contributed by atoms with Crippen LogP contribution in [0.3, 0.4) is 0 Å². The Balaban J connectivity index is 2.15. The van der Waals surface area contributed by atoms with Crippen molar-refractivity contribution in [1.82, 2.24) is 10.2 Å². The van der Waals surface area contributed by atoms with Crippen molar-refractivity contribution < 1.29 is 9.90 Å². The maximum Gasteiger partial charge on any atom is 0.234 e. The van der Waals surface area contributed by atoms with Crippen molar-refractivity contribution in [1.29, 1.82) is 0 Å². The van der Waals surface area contributed by atoms with E-state index in [1.807, 2.05) is 6.92 Å². The van der Waals surface area contributed by atoms with Gasteiger partial charge in [0, 0.05) is 19.7 Å². The van der Waals surface area contributed by atoms with Gasteiger partial charge >= 0.3 is 0 Å². The number of rotatable bonds is 5. The van der Waals surface area contributed by atoms with E-state index in [-0.39, 0.29) is 12.5 Å². The molecule has 0 aromatic heterocycles. The van der Waals surface area contributed by atoms with Crippen molar-refractivity contribution in [2.24, 2.45) is 5.92 Å². The minimum atomic E-state index is 0.102. The minimum absolute atomic E-state index is 0.102. The van der Waals surface area contributed by atoms with Gasteiger partial charge in [-0.15, -0.1) is 0 Å². The van der Waals surface area contributed by atoms with E-state index in [0.29, 0.717) is 12.5 Å². The lowest BCUT2D eigenvalue weighted by atomic mass is 10.1. The molecule has 1 heterocycles. The summed E-state index contributed by atoms with van der Waals surface area (Å²) in [6, 6.07) is 0. The summed E-state index contributed by atoms with van der Waals surface area (Å²) in [7, 11) is 0. The first-order valence-corrected chi connectivity index (χ1v) is 5.36. The summed E-state index contributed by atoms with van der Waals surface area (Å²) in [6.07, 6.45) is 1.99. The minimum Gasteiger partial charge on any atom is -0.396 e. The first-order chi connectivity index (χ1) is 6.76. The molecule has 0 aromatic carbocycles. The molecule has 1 rings (SSSR count). The molecule has 0 spiro atoms. The SMILES string of the molecule is CCCNC(=O)CN1CC[C@H](CO)C1. The number of aliphatic hydroxyl groups excluding tert-OH is 1. The van der Waals surface area contributed by atoms with Crippen LogP contribution in [0.1, 0.15) is 19.8 Å². The Labute approximate surface area is 85.3 Å². The molecule has 0 unspecified atom stereocenters. The van der Waals surface area contributed by atoms with Gasteiger partial charge < -0.3 is 10.4 Å². The number of amides is 1. The fraction of sp³-hybridized carbons (Fsp3) is 0.900. The molecule has 1 atom stereocenters. The summed E-state index contributed by atoms with van der Waals surface area (Å²) in [5.41, 5.74) is 0. The van der Waals surface area contributed by atoms with E-state index in [1.165, 1.54) is 0 Å². The molecule has 1 amide bonds. The maximum absolute atomic E-state index is 11.3. The van der Waals surface area contributed by atoms with Crippen LogP contribution in [-0.4, -0.2) is 48.7 Å². The van der Waals surface area contributed by atoms with Gasteiger partial charge in [-0.1, -0.05) is 6.92 Å².